The molecule has 0 aromatic carbocycles. The zero-order valence-electron chi connectivity index (χ0n) is 8.91. The molecule has 2 rings (SSSR count). The topological polar surface area (TPSA) is 47.0 Å². The normalized spacial score (nSPS) is 22.1. The summed E-state index contributed by atoms with van der Waals surface area (Å²) in [6, 6.07) is 0.1000. The SMILES string of the molecule is CC(Nc1nc(Cl)ncc1F)C1CCOC1. The summed E-state index contributed by atoms with van der Waals surface area (Å²) in [6.45, 7) is 3.45. The third-order valence-electron chi connectivity index (χ3n) is 2.75. The second-order valence-electron chi connectivity index (χ2n) is 3.89. The molecule has 0 spiro atoms. The van der Waals surface area contributed by atoms with Crippen molar-refractivity contribution >= 4 is 17.4 Å². The van der Waals surface area contributed by atoms with Crippen LogP contribution in [0.25, 0.3) is 0 Å². The van der Waals surface area contributed by atoms with Crippen LogP contribution in [0.2, 0.25) is 5.28 Å². The molecule has 16 heavy (non-hydrogen) atoms. The van der Waals surface area contributed by atoms with Crippen LogP contribution in [0.5, 0.6) is 0 Å². The molecular formula is C10H13ClFN3O. The third kappa shape index (κ3) is 2.59. The fourth-order valence-corrected chi connectivity index (χ4v) is 1.86. The van der Waals surface area contributed by atoms with Crippen molar-refractivity contribution in [1.29, 1.82) is 0 Å². The third-order valence-corrected chi connectivity index (χ3v) is 2.93. The average molecular weight is 246 g/mol. The van der Waals surface area contributed by atoms with Gasteiger partial charge < -0.3 is 10.1 Å². The molecule has 1 saturated heterocycles. The van der Waals surface area contributed by atoms with E-state index in [2.05, 4.69) is 15.3 Å². The molecular weight excluding hydrogens is 233 g/mol. The molecule has 1 aliphatic rings. The van der Waals surface area contributed by atoms with Gasteiger partial charge in [0, 0.05) is 18.6 Å². The summed E-state index contributed by atoms with van der Waals surface area (Å²) in [6.07, 6.45) is 2.05. The van der Waals surface area contributed by atoms with E-state index in [1.165, 1.54) is 0 Å². The number of rotatable bonds is 3. The fraction of sp³-hybridized carbons (Fsp3) is 0.600. The summed E-state index contributed by atoms with van der Waals surface area (Å²) in [5, 5.41) is 3.04. The number of halogens is 2. The molecule has 2 unspecified atom stereocenters. The number of aromatic nitrogens is 2. The molecule has 0 radical (unpaired) electrons. The molecule has 1 N–H and O–H groups in total. The van der Waals surface area contributed by atoms with Crippen molar-refractivity contribution in [3.8, 4) is 0 Å². The first kappa shape index (κ1) is 11.5. The van der Waals surface area contributed by atoms with Gasteiger partial charge in [-0.2, -0.15) is 4.98 Å². The Morgan fingerprint density at radius 3 is 3.19 bits per heavy atom. The van der Waals surface area contributed by atoms with E-state index in [4.69, 9.17) is 16.3 Å². The standard InChI is InChI=1S/C10H13ClFN3O/c1-6(7-2-3-16-5-7)14-9-8(12)4-13-10(11)15-9/h4,6-7H,2-3,5H2,1H3,(H,13,14,15). The van der Waals surface area contributed by atoms with Gasteiger partial charge in [0.1, 0.15) is 0 Å². The highest BCUT2D eigenvalue weighted by atomic mass is 35.5. The quantitative estimate of drug-likeness (QED) is 0.829. The number of nitrogens with one attached hydrogen (secondary N) is 1. The van der Waals surface area contributed by atoms with Gasteiger partial charge in [0.15, 0.2) is 11.6 Å². The van der Waals surface area contributed by atoms with Crippen LogP contribution in [-0.2, 0) is 4.74 Å². The van der Waals surface area contributed by atoms with E-state index < -0.39 is 5.82 Å². The molecule has 4 nitrogen and oxygen atoms in total. The molecule has 0 amide bonds. The molecule has 6 heteroatoms. The fourth-order valence-electron chi connectivity index (χ4n) is 1.73. The number of anilines is 1. The number of ether oxygens (including phenoxy) is 1. The molecule has 0 bridgehead atoms. The van der Waals surface area contributed by atoms with E-state index in [9.17, 15) is 4.39 Å². The van der Waals surface area contributed by atoms with Crippen molar-refractivity contribution in [1.82, 2.24) is 9.97 Å². The van der Waals surface area contributed by atoms with E-state index >= 15 is 0 Å². The van der Waals surface area contributed by atoms with Gasteiger partial charge in [0.2, 0.25) is 5.28 Å². The molecule has 0 aliphatic carbocycles. The summed E-state index contributed by atoms with van der Waals surface area (Å²) >= 11 is 5.61. The van der Waals surface area contributed by atoms with Crippen molar-refractivity contribution in [3.05, 3.63) is 17.3 Å². The predicted octanol–water partition coefficient (Wildman–Crippen LogP) is 2.11. The van der Waals surface area contributed by atoms with Crippen LogP contribution in [-0.4, -0.2) is 29.2 Å². The Balaban J connectivity index is 2.04. The summed E-state index contributed by atoms with van der Waals surface area (Å²) in [7, 11) is 0. The molecule has 0 saturated carbocycles. The van der Waals surface area contributed by atoms with E-state index in [1.54, 1.807) is 0 Å². The highest BCUT2D eigenvalue weighted by molar-refractivity contribution is 6.28. The second-order valence-corrected chi connectivity index (χ2v) is 4.23. The first-order chi connectivity index (χ1) is 7.66. The minimum absolute atomic E-state index is 0.0405. The van der Waals surface area contributed by atoms with Crippen molar-refractivity contribution in [2.75, 3.05) is 18.5 Å². The summed E-state index contributed by atoms with van der Waals surface area (Å²) in [4.78, 5) is 7.37. The van der Waals surface area contributed by atoms with Gasteiger partial charge >= 0.3 is 0 Å². The summed E-state index contributed by atoms with van der Waals surface area (Å²) < 4.78 is 18.6. The largest absolute Gasteiger partial charge is 0.381 e. The summed E-state index contributed by atoms with van der Waals surface area (Å²) in [5.74, 6) is 0.0442. The van der Waals surface area contributed by atoms with Crippen LogP contribution in [0.15, 0.2) is 6.20 Å². The Hall–Kier alpha value is -0.940. The minimum Gasteiger partial charge on any atom is -0.381 e. The van der Waals surface area contributed by atoms with Crippen molar-refractivity contribution in [3.63, 3.8) is 0 Å². The smallest absolute Gasteiger partial charge is 0.224 e. The average Bonchev–Trinajstić information content (AvgIpc) is 2.76. The molecule has 2 heterocycles. The van der Waals surface area contributed by atoms with E-state index in [-0.39, 0.29) is 17.1 Å². The van der Waals surface area contributed by atoms with Gasteiger partial charge in [-0.05, 0) is 24.9 Å². The highest BCUT2D eigenvalue weighted by Gasteiger charge is 2.23. The number of hydrogen-bond donors (Lipinski definition) is 1. The molecule has 1 aromatic heterocycles. The van der Waals surface area contributed by atoms with Gasteiger partial charge in [0.25, 0.3) is 0 Å². The van der Waals surface area contributed by atoms with Gasteiger partial charge in [-0.1, -0.05) is 0 Å². The van der Waals surface area contributed by atoms with Crippen molar-refractivity contribution < 1.29 is 9.13 Å². The number of hydrogen-bond acceptors (Lipinski definition) is 4. The molecule has 2 atom stereocenters. The lowest BCUT2D eigenvalue weighted by atomic mass is 10.0. The highest BCUT2D eigenvalue weighted by Crippen LogP contribution is 2.21. The van der Waals surface area contributed by atoms with Crippen LogP contribution in [0, 0.1) is 11.7 Å². The first-order valence-electron chi connectivity index (χ1n) is 5.19. The maximum absolute atomic E-state index is 13.3. The Bertz CT molecular complexity index is 371. The lowest BCUT2D eigenvalue weighted by Crippen LogP contribution is -2.27. The van der Waals surface area contributed by atoms with Gasteiger partial charge in [-0.3, -0.25) is 0 Å². The van der Waals surface area contributed by atoms with Crippen LogP contribution >= 0.6 is 11.6 Å². The zero-order chi connectivity index (χ0) is 11.5. The van der Waals surface area contributed by atoms with Gasteiger partial charge in [-0.15, -0.1) is 0 Å². The zero-order valence-corrected chi connectivity index (χ0v) is 9.67. The minimum atomic E-state index is -0.491. The Labute approximate surface area is 98.2 Å². The van der Waals surface area contributed by atoms with Crippen LogP contribution < -0.4 is 5.32 Å². The van der Waals surface area contributed by atoms with Crippen LogP contribution in [0.4, 0.5) is 10.2 Å². The van der Waals surface area contributed by atoms with Crippen molar-refractivity contribution in [2.45, 2.75) is 19.4 Å². The monoisotopic (exact) mass is 245 g/mol. The lowest BCUT2D eigenvalue weighted by Gasteiger charge is -2.19. The lowest BCUT2D eigenvalue weighted by molar-refractivity contribution is 0.183. The molecule has 1 fully saturated rings. The molecule has 88 valence electrons. The van der Waals surface area contributed by atoms with Gasteiger partial charge in [-0.25, -0.2) is 9.37 Å². The van der Waals surface area contributed by atoms with Crippen molar-refractivity contribution in [2.24, 2.45) is 5.92 Å². The van der Waals surface area contributed by atoms with Gasteiger partial charge in [0.05, 0.1) is 12.8 Å². The maximum atomic E-state index is 13.3. The number of nitrogens with zero attached hydrogens (tertiary/aromatic N) is 2. The predicted molar refractivity (Wildman–Crippen MR) is 59.0 cm³/mol. The first-order valence-corrected chi connectivity index (χ1v) is 5.57. The second kappa shape index (κ2) is 4.93. The van der Waals surface area contributed by atoms with Crippen LogP contribution in [0.3, 0.4) is 0 Å². The molecule has 1 aromatic rings. The molecule has 1 aliphatic heterocycles. The Morgan fingerprint density at radius 1 is 1.69 bits per heavy atom. The van der Waals surface area contributed by atoms with E-state index in [0.717, 1.165) is 19.2 Å². The Morgan fingerprint density at radius 2 is 2.50 bits per heavy atom. The van der Waals surface area contributed by atoms with E-state index in [1.807, 2.05) is 6.92 Å². The van der Waals surface area contributed by atoms with E-state index in [0.29, 0.717) is 12.5 Å². The van der Waals surface area contributed by atoms with Crippen LogP contribution in [0.1, 0.15) is 13.3 Å². The summed E-state index contributed by atoms with van der Waals surface area (Å²) in [5.41, 5.74) is 0. The Kier molecular flexibility index (Phi) is 3.56. The maximum Gasteiger partial charge on any atom is 0.224 e.